The average Bonchev–Trinajstić information content (AvgIpc) is 2.62. The first kappa shape index (κ1) is 17.5. The van der Waals surface area contributed by atoms with Gasteiger partial charge in [0.1, 0.15) is 5.82 Å². The summed E-state index contributed by atoms with van der Waals surface area (Å²) in [6, 6.07) is 10.8. The van der Waals surface area contributed by atoms with E-state index in [0.29, 0.717) is 0 Å². The van der Waals surface area contributed by atoms with E-state index in [1.807, 2.05) is 6.92 Å². The monoisotopic (exact) mass is 339 g/mol. The van der Waals surface area contributed by atoms with Crippen molar-refractivity contribution in [3.63, 3.8) is 0 Å². The number of hydrogen-bond donors (Lipinski definition) is 1. The molecule has 5 heteroatoms. The molecule has 1 fully saturated rings. The Labute approximate surface area is 151 Å². The van der Waals surface area contributed by atoms with E-state index in [1.165, 1.54) is 17.7 Å². The van der Waals surface area contributed by atoms with Crippen molar-refractivity contribution in [1.29, 1.82) is 0 Å². The Kier molecular flexibility index (Phi) is 5.74. The quantitative estimate of drug-likeness (QED) is 0.814. The van der Waals surface area contributed by atoms with Crippen LogP contribution in [0.25, 0.3) is 0 Å². The molecular formula is C20H29N5. The lowest BCUT2D eigenvalue weighted by molar-refractivity contribution is 0.646. The smallest absolute Gasteiger partial charge is 0.224 e. The number of aryl methyl sites for hydroxylation is 2. The largest absolute Gasteiger partial charge is 0.368 e. The second kappa shape index (κ2) is 8.19. The Bertz CT molecular complexity index is 692. The van der Waals surface area contributed by atoms with Gasteiger partial charge in [0.2, 0.25) is 5.95 Å². The summed E-state index contributed by atoms with van der Waals surface area (Å²) in [7, 11) is 0. The molecule has 25 heavy (non-hydrogen) atoms. The Morgan fingerprint density at radius 3 is 2.48 bits per heavy atom. The third-order valence-electron chi connectivity index (χ3n) is 4.62. The topological polar surface area (TPSA) is 44.3 Å². The molecule has 5 nitrogen and oxygen atoms in total. The number of unbranched alkanes of at least 4 members (excludes halogenated alkanes) is 1. The summed E-state index contributed by atoms with van der Waals surface area (Å²) in [5, 5.41) is 3.35. The number of benzene rings is 1. The van der Waals surface area contributed by atoms with Crippen LogP contribution in [-0.4, -0.2) is 42.7 Å². The van der Waals surface area contributed by atoms with Gasteiger partial charge in [0, 0.05) is 50.2 Å². The number of hydrogen-bond acceptors (Lipinski definition) is 5. The molecule has 0 aliphatic carbocycles. The highest BCUT2D eigenvalue weighted by molar-refractivity contribution is 5.52. The third-order valence-corrected chi connectivity index (χ3v) is 4.62. The molecule has 134 valence electrons. The number of rotatable bonds is 6. The van der Waals surface area contributed by atoms with Crippen LogP contribution < -0.4 is 15.1 Å². The van der Waals surface area contributed by atoms with Gasteiger partial charge >= 0.3 is 0 Å². The van der Waals surface area contributed by atoms with Crippen molar-refractivity contribution < 1.29 is 0 Å². The van der Waals surface area contributed by atoms with Crippen LogP contribution in [0.3, 0.4) is 0 Å². The van der Waals surface area contributed by atoms with E-state index in [1.54, 1.807) is 0 Å². The highest BCUT2D eigenvalue weighted by atomic mass is 15.3. The molecule has 1 aromatic carbocycles. The van der Waals surface area contributed by atoms with Gasteiger partial charge in [-0.25, -0.2) is 4.98 Å². The van der Waals surface area contributed by atoms with Gasteiger partial charge in [0.05, 0.1) is 0 Å². The van der Waals surface area contributed by atoms with E-state index in [-0.39, 0.29) is 0 Å². The van der Waals surface area contributed by atoms with Crippen LogP contribution in [0.15, 0.2) is 30.3 Å². The third kappa shape index (κ3) is 4.62. The summed E-state index contributed by atoms with van der Waals surface area (Å²) in [6.07, 6.45) is 2.31. The first-order chi connectivity index (χ1) is 12.2. The number of anilines is 3. The van der Waals surface area contributed by atoms with Gasteiger partial charge in [-0.15, -0.1) is 0 Å². The molecule has 1 saturated heterocycles. The summed E-state index contributed by atoms with van der Waals surface area (Å²) >= 11 is 0. The lowest BCUT2D eigenvalue weighted by Crippen LogP contribution is -2.47. The van der Waals surface area contributed by atoms with Gasteiger partial charge in [0.25, 0.3) is 0 Å². The fourth-order valence-corrected chi connectivity index (χ4v) is 3.19. The summed E-state index contributed by atoms with van der Waals surface area (Å²) in [5.41, 5.74) is 3.65. The highest BCUT2D eigenvalue weighted by Crippen LogP contribution is 2.21. The van der Waals surface area contributed by atoms with Crippen LogP contribution in [0.4, 0.5) is 17.5 Å². The molecule has 0 bridgehead atoms. The van der Waals surface area contributed by atoms with E-state index in [9.17, 15) is 0 Å². The Morgan fingerprint density at radius 1 is 1.00 bits per heavy atom. The highest BCUT2D eigenvalue weighted by Gasteiger charge is 2.19. The molecule has 0 unspecified atom stereocenters. The maximum absolute atomic E-state index is 4.73. The van der Waals surface area contributed by atoms with Crippen molar-refractivity contribution in [2.75, 3.05) is 47.8 Å². The molecule has 0 atom stereocenters. The van der Waals surface area contributed by atoms with Crippen molar-refractivity contribution in [1.82, 2.24) is 9.97 Å². The van der Waals surface area contributed by atoms with E-state index in [2.05, 4.69) is 64.3 Å². The van der Waals surface area contributed by atoms with E-state index < -0.39 is 0 Å². The van der Waals surface area contributed by atoms with Gasteiger partial charge in [-0.2, -0.15) is 4.98 Å². The van der Waals surface area contributed by atoms with Crippen LogP contribution >= 0.6 is 0 Å². The number of aromatic nitrogens is 2. The van der Waals surface area contributed by atoms with Crippen molar-refractivity contribution >= 4 is 17.5 Å². The first-order valence-electron chi connectivity index (χ1n) is 9.32. The minimum atomic E-state index is 0.754. The maximum Gasteiger partial charge on any atom is 0.224 e. The lowest BCUT2D eigenvalue weighted by Gasteiger charge is -2.37. The standard InChI is InChI=1S/C20H29N5/c1-4-5-9-21-20-22-17(3)15-19(23-20)25-12-10-24(11-13-25)18-8-6-7-16(2)14-18/h6-8,14-15H,4-5,9-13H2,1-3H3,(H,21,22,23). The molecule has 0 amide bonds. The van der Waals surface area contributed by atoms with Crippen LogP contribution in [0.1, 0.15) is 31.0 Å². The zero-order chi connectivity index (χ0) is 17.6. The molecular weight excluding hydrogens is 310 g/mol. The fraction of sp³-hybridized carbons (Fsp3) is 0.500. The number of piperazine rings is 1. The van der Waals surface area contributed by atoms with Gasteiger partial charge in [0.15, 0.2) is 0 Å². The van der Waals surface area contributed by atoms with Crippen LogP contribution in [0, 0.1) is 13.8 Å². The predicted octanol–water partition coefficient (Wildman–Crippen LogP) is 3.63. The summed E-state index contributed by atoms with van der Waals surface area (Å²) in [5.74, 6) is 1.79. The Morgan fingerprint density at radius 2 is 1.76 bits per heavy atom. The predicted molar refractivity (Wildman–Crippen MR) is 106 cm³/mol. The lowest BCUT2D eigenvalue weighted by atomic mass is 10.2. The normalized spacial score (nSPS) is 14.7. The summed E-state index contributed by atoms with van der Waals surface area (Å²) in [4.78, 5) is 14.1. The van der Waals surface area contributed by atoms with Crippen LogP contribution in [-0.2, 0) is 0 Å². The molecule has 3 rings (SSSR count). The van der Waals surface area contributed by atoms with Gasteiger partial charge in [-0.1, -0.05) is 25.5 Å². The molecule has 2 heterocycles. The van der Waals surface area contributed by atoms with Gasteiger partial charge in [-0.05, 0) is 38.0 Å². The zero-order valence-electron chi connectivity index (χ0n) is 15.6. The SMILES string of the molecule is CCCCNc1nc(C)cc(N2CCN(c3cccc(C)c3)CC2)n1. The minimum Gasteiger partial charge on any atom is -0.368 e. The van der Waals surface area contributed by atoms with E-state index in [4.69, 9.17) is 4.98 Å². The second-order valence-electron chi connectivity index (χ2n) is 6.78. The Hall–Kier alpha value is -2.30. The molecule has 1 aromatic heterocycles. The minimum absolute atomic E-state index is 0.754. The van der Waals surface area contributed by atoms with Gasteiger partial charge < -0.3 is 15.1 Å². The molecule has 2 aromatic rings. The molecule has 0 spiro atoms. The molecule has 0 radical (unpaired) electrons. The van der Waals surface area contributed by atoms with Crippen LogP contribution in [0.2, 0.25) is 0 Å². The molecule has 1 aliphatic heterocycles. The maximum atomic E-state index is 4.73. The summed E-state index contributed by atoms with van der Waals surface area (Å²) in [6.45, 7) is 11.3. The average molecular weight is 339 g/mol. The van der Waals surface area contributed by atoms with Crippen molar-refractivity contribution in [2.24, 2.45) is 0 Å². The van der Waals surface area contributed by atoms with Crippen molar-refractivity contribution in [2.45, 2.75) is 33.6 Å². The molecule has 0 saturated carbocycles. The number of nitrogens with zero attached hydrogens (tertiary/aromatic N) is 4. The van der Waals surface area contributed by atoms with Gasteiger partial charge in [-0.3, -0.25) is 0 Å². The summed E-state index contributed by atoms with van der Waals surface area (Å²) < 4.78 is 0. The van der Waals surface area contributed by atoms with Crippen molar-refractivity contribution in [3.8, 4) is 0 Å². The molecule has 1 N–H and O–H groups in total. The Balaban J connectivity index is 1.64. The van der Waals surface area contributed by atoms with E-state index in [0.717, 1.165) is 56.6 Å². The number of nitrogens with one attached hydrogen (secondary N) is 1. The van der Waals surface area contributed by atoms with Crippen LogP contribution in [0.5, 0.6) is 0 Å². The zero-order valence-corrected chi connectivity index (χ0v) is 15.6. The first-order valence-corrected chi connectivity index (χ1v) is 9.32. The van der Waals surface area contributed by atoms with Crippen molar-refractivity contribution in [3.05, 3.63) is 41.6 Å². The van der Waals surface area contributed by atoms with E-state index >= 15 is 0 Å². The molecule has 1 aliphatic rings. The fourth-order valence-electron chi connectivity index (χ4n) is 3.19. The second-order valence-corrected chi connectivity index (χ2v) is 6.78.